The van der Waals surface area contributed by atoms with E-state index in [1.165, 1.54) is 36.0 Å². The average molecular weight is 337 g/mol. The first-order chi connectivity index (χ1) is 11.1. The molecule has 2 amide bonds. The fraction of sp³-hybridized carbons (Fsp3) is 0.400. The number of ether oxygens (including phenoxy) is 1. The van der Waals surface area contributed by atoms with Crippen molar-refractivity contribution in [1.29, 1.82) is 0 Å². The molecular weight excluding hydrogens is 321 g/mol. The highest BCUT2D eigenvalue weighted by atomic mass is 32.2. The summed E-state index contributed by atoms with van der Waals surface area (Å²) in [5, 5.41) is 2.81. The van der Waals surface area contributed by atoms with Gasteiger partial charge in [0, 0.05) is 25.2 Å². The zero-order chi connectivity index (χ0) is 16.2. The summed E-state index contributed by atoms with van der Waals surface area (Å²) in [6.45, 7) is 2.63. The Labute approximate surface area is 137 Å². The number of hydrogen-bond donors (Lipinski definition) is 1. The van der Waals surface area contributed by atoms with Gasteiger partial charge >= 0.3 is 0 Å². The Morgan fingerprint density at radius 3 is 2.74 bits per heavy atom. The lowest BCUT2D eigenvalue weighted by atomic mass is 10.2. The van der Waals surface area contributed by atoms with Gasteiger partial charge in [0.1, 0.15) is 11.1 Å². The van der Waals surface area contributed by atoms with Crippen LogP contribution in [-0.4, -0.2) is 53.4 Å². The second-order valence-corrected chi connectivity index (χ2v) is 6.37. The van der Waals surface area contributed by atoms with Gasteiger partial charge in [0.15, 0.2) is 5.17 Å². The Kier molecular flexibility index (Phi) is 4.92. The molecule has 8 heteroatoms. The third kappa shape index (κ3) is 4.08. The van der Waals surface area contributed by atoms with E-state index >= 15 is 0 Å². The van der Waals surface area contributed by atoms with Gasteiger partial charge in [-0.3, -0.25) is 9.59 Å². The number of carbonyl (C=O) groups excluding carboxylic acids is 2. The lowest BCUT2D eigenvalue weighted by Gasteiger charge is -2.27. The van der Waals surface area contributed by atoms with Crippen molar-refractivity contribution < 1.29 is 18.7 Å². The topological polar surface area (TPSA) is 71.0 Å². The minimum absolute atomic E-state index is 0.0399. The van der Waals surface area contributed by atoms with Crippen molar-refractivity contribution in [3.63, 3.8) is 0 Å². The van der Waals surface area contributed by atoms with Crippen LogP contribution in [0.1, 0.15) is 6.42 Å². The number of morpholine rings is 1. The number of benzene rings is 1. The summed E-state index contributed by atoms with van der Waals surface area (Å²) in [5.41, 5.74) is 0.501. The Morgan fingerprint density at radius 1 is 1.35 bits per heavy atom. The molecule has 1 fully saturated rings. The number of thioether (sulfide) groups is 1. The maximum atomic E-state index is 12.8. The molecule has 1 saturated heterocycles. The molecule has 0 spiro atoms. The molecule has 1 atom stereocenters. The zero-order valence-corrected chi connectivity index (χ0v) is 13.1. The van der Waals surface area contributed by atoms with Crippen LogP contribution in [0.4, 0.5) is 10.1 Å². The SMILES string of the molecule is O=C(C[C@@H]1SC(N2CCOCC2)=NC1=O)Nc1ccc(F)cc1. The third-order valence-electron chi connectivity index (χ3n) is 3.51. The number of amidine groups is 1. The highest BCUT2D eigenvalue weighted by molar-refractivity contribution is 8.15. The molecule has 0 bridgehead atoms. The standard InChI is InChI=1S/C15H16FN3O3S/c16-10-1-3-11(4-2-10)17-13(20)9-12-14(21)18-15(23-12)19-5-7-22-8-6-19/h1-4,12H,5-9H2,(H,17,20)/t12-/m0/s1. The molecule has 122 valence electrons. The Hall–Kier alpha value is -1.93. The van der Waals surface area contributed by atoms with Crippen molar-refractivity contribution in [1.82, 2.24) is 4.90 Å². The number of anilines is 1. The van der Waals surface area contributed by atoms with Crippen LogP contribution in [0.3, 0.4) is 0 Å². The largest absolute Gasteiger partial charge is 0.378 e. The lowest BCUT2D eigenvalue weighted by Crippen LogP contribution is -2.39. The van der Waals surface area contributed by atoms with Crippen molar-refractivity contribution in [2.75, 3.05) is 31.6 Å². The van der Waals surface area contributed by atoms with Crippen LogP contribution in [0.15, 0.2) is 29.3 Å². The molecule has 2 aliphatic rings. The van der Waals surface area contributed by atoms with Crippen LogP contribution in [0.5, 0.6) is 0 Å². The van der Waals surface area contributed by atoms with Crippen molar-refractivity contribution >= 4 is 34.4 Å². The van der Waals surface area contributed by atoms with E-state index in [-0.39, 0.29) is 24.1 Å². The molecule has 1 N–H and O–H groups in total. The Balaban J connectivity index is 1.53. The van der Waals surface area contributed by atoms with Crippen molar-refractivity contribution in [2.24, 2.45) is 4.99 Å². The fourth-order valence-corrected chi connectivity index (χ4v) is 3.43. The predicted molar refractivity (Wildman–Crippen MR) is 85.9 cm³/mol. The van der Waals surface area contributed by atoms with Crippen LogP contribution in [0, 0.1) is 5.82 Å². The quantitative estimate of drug-likeness (QED) is 0.905. The van der Waals surface area contributed by atoms with E-state index in [1.807, 2.05) is 4.90 Å². The summed E-state index contributed by atoms with van der Waals surface area (Å²) in [6.07, 6.45) is 0.0399. The van der Waals surface area contributed by atoms with E-state index in [1.54, 1.807) is 0 Å². The lowest BCUT2D eigenvalue weighted by molar-refractivity contribution is -0.121. The minimum Gasteiger partial charge on any atom is -0.378 e. The van der Waals surface area contributed by atoms with E-state index in [9.17, 15) is 14.0 Å². The monoisotopic (exact) mass is 337 g/mol. The first kappa shape index (κ1) is 15.9. The first-order valence-corrected chi connectivity index (χ1v) is 8.17. The van der Waals surface area contributed by atoms with Crippen LogP contribution < -0.4 is 5.32 Å². The normalized spacial score (nSPS) is 21.3. The molecule has 3 rings (SSSR count). The van der Waals surface area contributed by atoms with Gasteiger partial charge in [-0.25, -0.2) is 4.39 Å². The van der Waals surface area contributed by atoms with E-state index in [0.717, 1.165) is 0 Å². The molecular formula is C15H16FN3O3S. The molecule has 0 aliphatic carbocycles. The smallest absolute Gasteiger partial charge is 0.262 e. The summed E-state index contributed by atoms with van der Waals surface area (Å²) < 4.78 is 18.1. The molecule has 23 heavy (non-hydrogen) atoms. The van der Waals surface area contributed by atoms with Crippen LogP contribution >= 0.6 is 11.8 Å². The van der Waals surface area contributed by atoms with E-state index in [2.05, 4.69) is 10.3 Å². The number of aliphatic imine (C=N–C) groups is 1. The summed E-state index contributed by atoms with van der Waals surface area (Å²) in [5.74, 6) is -0.945. The van der Waals surface area contributed by atoms with Gasteiger partial charge in [0.05, 0.1) is 13.2 Å². The molecule has 0 unspecified atom stereocenters. The second kappa shape index (κ2) is 7.10. The number of nitrogens with zero attached hydrogens (tertiary/aromatic N) is 2. The number of halogens is 1. The second-order valence-electron chi connectivity index (χ2n) is 5.20. The molecule has 2 aliphatic heterocycles. The highest BCUT2D eigenvalue weighted by Crippen LogP contribution is 2.28. The zero-order valence-electron chi connectivity index (χ0n) is 12.3. The van der Waals surface area contributed by atoms with E-state index in [0.29, 0.717) is 37.2 Å². The summed E-state index contributed by atoms with van der Waals surface area (Å²) >= 11 is 1.32. The highest BCUT2D eigenvalue weighted by Gasteiger charge is 2.33. The Morgan fingerprint density at radius 2 is 2.04 bits per heavy atom. The number of amides is 2. The molecule has 0 aromatic heterocycles. The van der Waals surface area contributed by atoms with Gasteiger partial charge in [-0.15, -0.1) is 0 Å². The van der Waals surface area contributed by atoms with Crippen molar-refractivity contribution in [2.45, 2.75) is 11.7 Å². The van der Waals surface area contributed by atoms with Crippen LogP contribution in [-0.2, 0) is 14.3 Å². The molecule has 0 saturated carbocycles. The Bertz CT molecular complexity index is 629. The molecule has 6 nitrogen and oxygen atoms in total. The van der Waals surface area contributed by atoms with Gasteiger partial charge in [-0.1, -0.05) is 11.8 Å². The number of nitrogens with one attached hydrogen (secondary N) is 1. The van der Waals surface area contributed by atoms with Crippen molar-refractivity contribution in [3.8, 4) is 0 Å². The van der Waals surface area contributed by atoms with E-state index in [4.69, 9.17) is 4.74 Å². The maximum absolute atomic E-state index is 12.8. The predicted octanol–water partition coefficient (Wildman–Crippen LogP) is 1.48. The summed E-state index contributed by atoms with van der Waals surface area (Å²) in [7, 11) is 0. The van der Waals surface area contributed by atoms with Crippen LogP contribution in [0.25, 0.3) is 0 Å². The number of rotatable bonds is 3. The van der Waals surface area contributed by atoms with Gasteiger partial charge in [-0.05, 0) is 24.3 Å². The fourth-order valence-electron chi connectivity index (χ4n) is 2.31. The van der Waals surface area contributed by atoms with E-state index < -0.39 is 5.25 Å². The third-order valence-corrected chi connectivity index (χ3v) is 4.72. The summed E-state index contributed by atoms with van der Waals surface area (Å²) in [4.78, 5) is 30.0. The van der Waals surface area contributed by atoms with Crippen molar-refractivity contribution in [3.05, 3.63) is 30.1 Å². The molecule has 1 aromatic rings. The van der Waals surface area contributed by atoms with Gasteiger partial charge in [-0.2, -0.15) is 4.99 Å². The molecule has 2 heterocycles. The molecule has 1 aromatic carbocycles. The van der Waals surface area contributed by atoms with Gasteiger partial charge in [0.2, 0.25) is 5.91 Å². The molecule has 0 radical (unpaired) electrons. The number of carbonyl (C=O) groups is 2. The number of hydrogen-bond acceptors (Lipinski definition) is 5. The average Bonchev–Trinajstić information content (AvgIpc) is 2.91. The minimum atomic E-state index is -0.506. The first-order valence-electron chi connectivity index (χ1n) is 7.29. The van der Waals surface area contributed by atoms with Gasteiger partial charge in [0.25, 0.3) is 5.91 Å². The summed E-state index contributed by atoms with van der Waals surface area (Å²) in [6, 6.07) is 5.49. The van der Waals surface area contributed by atoms with Crippen LogP contribution in [0.2, 0.25) is 0 Å². The maximum Gasteiger partial charge on any atom is 0.262 e. The van der Waals surface area contributed by atoms with Gasteiger partial charge < -0.3 is 15.0 Å².